The van der Waals surface area contributed by atoms with Crippen molar-refractivity contribution in [3.05, 3.63) is 42.5 Å². The van der Waals surface area contributed by atoms with Crippen LogP contribution in [0.5, 0.6) is 0 Å². The Kier molecular flexibility index (Phi) is 4.99. The van der Waals surface area contributed by atoms with Crippen molar-refractivity contribution in [2.45, 2.75) is 39.2 Å². The van der Waals surface area contributed by atoms with Gasteiger partial charge in [0.05, 0.1) is 5.60 Å². The highest BCUT2D eigenvalue weighted by atomic mass is 16.3. The molecule has 1 unspecified atom stereocenters. The standard InChI is InChI=1S/C19H25N5O/c1-14(2)11-12-19(3,25)13-20-16-9-10-17-21-22-18(24(17)23-16)15-7-5-4-6-8-15/h4-10,14,25H,11-13H2,1-3H3,(H,20,23). The van der Waals surface area contributed by atoms with Gasteiger partial charge in [0.1, 0.15) is 5.82 Å². The minimum Gasteiger partial charge on any atom is -0.388 e. The average Bonchev–Trinajstić information content (AvgIpc) is 3.02. The third-order valence-electron chi connectivity index (χ3n) is 4.21. The van der Waals surface area contributed by atoms with Crippen LogP contribution >= 0.6 is 0 Å². The Bertz CT molecular complexity index is 826. The van der Waals surface area contributed by atoms with E-state index in [0.29, 0.717) is 29.8 Å². The Morgan fingerprint density at radius 1 is 1.12 bits per heavy atom. The number of aliphatic hydroxyl groups is 1. The molecule has 0 spiro atoms. The molecule has 0 radical (unpaired) electrons. The molecular formula is C19H25N5O. The normalized spacial score (nSPS) is 14.0. The molecule has 2 aromatic heterocycles. The van der Waals surface area contributed by atoms with Crippen LogP contribution in [0.15, 0.2) is 42.5 Å². The molecule has 3 aromatic rings. The van der Waals surface area contributed by atoms with Gasteiger partial charge in [0.2, 0.25) is 0 Å². The predicted molar refractivity (Wildman–Crippen MR) is 99.4 cm³/mol. The van der Waals surface area contributed by atoms with E-state index in [-0.39, 0.29) is 0 Å². The molecule has 1 aromatic carbocycles. The molecule has 132 valence electrons. The largest absolute Gasteiger partial charge is 0.388 e. The predicted octanol–water partition coefficient (Wildman–Crippen LogP) is 3.39. The first-order valence-corrected chi connectivity index (χ1v) is 8.69. The second kappa shape index (κ2) is 7.19. The van der Waals surface area contributed by atoms with Crippen molar-refractivity contribution in [2.24, 2.45) is 5.92 Å². The maximum Gasteiger partial charge on any atom is 0.185 e. The smallest absolute Gasteiger partial charge is 0.185 e. The summed E-state index contributed by atoms with van der Waals surface area (Å²) in [6.45, 7) is 6.63. The first-order chi connectivity index (χ1) is 11.9. The second-order valence-electron chi connectivity index (χ2n) is 7.16. The fourth-order valence-electron chi connectivity index (χ4n) is 2.62. The third-order valence-corrected chi connectivity index (χ3v) is 4.21. The van der Waals surface area contributed by atoms with Crippen LogP contribution < -0.4 is 5.32 Å². The van der Waals surface area contributed by atoms with Crippen molar-refractivity contribution >= 4 is 11.5 Å². The maximum atomic E-state index is 10.5. The zero-order valence-electron chi connectivity index (χ0n) is 15.0. The molecule has 0 bridgehead atoms. The van der Waals surface area contributed by atoms with E-state index < -0.39 is 5.60 Å². The van der Waals surface area contributed by atoms with E-state index >= 15 is 0 Å². The summed E-state index contributed by atoms with van der Waals surface area (Å²) in [4.78, 5) is 0. The summed E-state index contributed by atoms with van der Waals surface area (Å²) in [6.07, 6.45) is 1.74. The van der Waals surface area contributed by atoms with Gasteiger partial charge in [-0.25, -0.2) is 0 Å². The summed E-state index contributed by atoms with van der Waals surface area (Å²) in [5.41, 5.74) is 0.885. The number of nitrogens with zero attached hydrogens (tertiary/aromatic N) is 4. The number of nitrogens with one attached hydrogen (secondary N) is 1. The van der Waals surface area contributed by atoms with E-state index in [2.05, 4.69) is 34.5 Å². The maximum absolute atomic E-state index is 10.5. The van der Waals surface area contributed by atoms with Gasteiger partial charge in [-0.3, -0.25) is 0 Å². The van der Waals surface area contributed by atoms with E-state index in [9.17, 15) is 5.11 Å². The van der Waals surface area contributed by atoms with E-state index in [1.165, 1.54) is 0 Å². The van der Waals surface area contributed by atoms with Crippen LogP contribution in [0.25, 0.3) is 17.0 Å². The molecule has 0 amide bonds. The molecular weight excluding hydrogens is 314 g/mol. The Morgan fingerprint density at radius 3 is 2.60 bits per heavy atom. The Labute approximate surface area is 147 Å². The fourth-order valence-corrected chi connectivity index (χ4v) is 2.62. The summed E-state index contributed by atoms with van der Waals surface area (Å²) >= 11 is 0. The van der Waals surface area contributed by atoms with Gasteiger partial charge in [-0.15, -0.1) is 15.3 Å². The molecule has 0 aliphatic rings. The fraction of sp³-hybridized carbons (Fsp3) is 0.421. The highest BCUT2D eigenvalue weighted by Crippen LogP contribution is 2.19. The van der Waals surface area contributed by atoms with Crippen molar-refractivity contribution in [3.63, 3.8) is 0 Å². The summed E-state index contributed by atoms with van der Waals surface area (Å²) in [6, 6.07) is 13.6. The quantitative estimate of drug-likeness (QED) is 0.690. The van der Waals surface area contributed by atoms with E-state index in [1.807, 2.05) is 49.4 Å². The Balaban J connectivity index is 1.77. The number of aromatic nitrogens is 4. The zero-order chi connectivity index (χ0) is 17.9. The van der Waals surface area contributed by atoms with E-state index in [4.69, 9.17) is 0 Å². The molecule has 2 heterocycles. The lowest BCUT2D eigenvalue weighted by atomic mass is 9.95. The van der Waals surface area contributed by atoms with Crippen LogP contribution in [0.1, 0.15) is 33.6 Å². The molecule has 2 N–H and O–H groups in total. The number of anilines is 1. The second-order valence-corrected chi connectivity index (χ2v) is 7.16. The van der Waals surface area contributed by atoms with Gasteiger partial charge in [0, 0.05) is 12.1 Å². The topological polar surface area (TPSA) is 75.3 Å². The Hall–Kier alpha value is -2.47. The van der Waals surface area contributed by atoms with Crippen LogP contribution in [0, 0.1) is 5.92 Å². The molecule has 0 fully saturated rings. The number of fused-ring (bicyclic) bond motifs is 1. The number of rotatable bonds is 7. The molecule has 0 saturated heterocycles. The lowest BCUT2D eigenvalue weighted by Crippen LogP contribution is -2.34. The van der Waals surface area contributed by atoms with Crippen LogP contribution in [-0.4, -0.2) is 37.1 Å². The van der Waals surface area contributed by atoms with Crippen LogP contribution in [0.4, 0.5) is 5.82 Å². The van der Waals surface area contributed by atoms with Gasteiger partial charge in [-0.2, -0.15) is 4.52 Å². The van der Waals surface area contributed by atoms with Crippen molar-refractivity contribution in [2.75, 3.05) is 11.9 Å². The number of benzene rings is 1. The summed E-state index contributed by atoms with van der Waals surface area (Å²) in [5.74, 6) is 1.96. The van der Waals surface area contributed by atoms with Crippen molar-refractivity contribution < 1.29 is 5.11 Å². The van der Waals surface area contributed by atoms with Crippen LogP contribution in [0.2, 0.25) is 0 Å². The molecule has 0 aliphatic heterocycles. The molecule has 3 rings (SSSR count). The van der Waals surface area contributed by atoms with E-state index in [0.717, 1.165) is 18.4 Å². The van der Waals surface area contributed by atoms with Crippen LogP contribution in [0.3, 0.4) is 0 Å². The summed E-state index contributed by atoms with van der Waals surface area (Å²) < 4.78 is 1.72. The molecule has 6 heteroatoms. The molecule has 1 atom stereocenters. The van der Waals surface area contributed by atoms with Crippen molar-refractivity contribution in [1.29, 1.82) is 0 Å². The SMILES string of the molecule is CC(C)CCC(C)(O)CNc1ccc2nnc(-c3ccccc3)n2n1. The van der Waals surface area contributed by atoms with Gasteiger partial charge in [0.25, 0.3) is 0 Å². The molecule has 6 nitrogen and oxygen atoms in total. The first kappa shape index (κ1) is 17.4. The van der Waals surface area contributed by atoms with Gasteiger partial charge in [0.15, 0.2) is 11.5 Å². The van der Waals surface area contributed by atoms with Crippen molar-refractivity contribution in [1.82, 2.24) is 19.8 Å². The van der Waals surface area contributed by atoms with E-state index in [1.54, 1.807) is 4.52 Å². The average molecular weight is 339 g/mol. The minimum atomic E-state index is -0.768. The van der Waals surface area contributed by atoms with Gasteiger partial charge in [-0.05, 0) is 37.8 Å². The van der Waals surface area contributed by atoms with Crippen LogP contribution in [-0.2, 0) is 0 Å². The molecule has 0 saturated carbocycles. The highest BCUT2D eigenvalue weighted by Gasteiger charge is 2.20. The third kappa shape index (κ3) is 4.33. The lowest BCUT2D eigenvalue weighted by Gasteiger charge is -2.24. The lowest BCUT2D eigenvalue weighted by molar-refractivity contribution is 0.0585. The first-order valence-electron chi connectivity index (χ1n) is 8.69. The summed E-state index contributed by atoms with van der Waals surface area (Å²) in [5, 5.41) is 26.7. The minimum absolute atomic E-state index is 0.445. The number of hydrogen-bond acceptors (Lipinski definition) is 5. The Morgan fingerprint density at radius 2 is 1.88 bits per heavy atom. The molecule has 0 aliphatic carbocycles. The van der Waals surface area contributed by atoms with Gasteiger partial charge >= 0.3 is 0 Å². The highest BCUT2D eigenvalue weighted by molar-refractivity contribution is 5.59. The molecule has 25 heavy (non-hydrogen) atoms. The monoisotopic (exact) mass is 339 g/mol. The van der Waals surface area contributed by atoms with Gasteiger partial charge < -0.3 is 10.4 Å². The van der Waals surface area contributed by atoms with Gasteiger partial charge in [-0.1, -0.05) is 44.2 Å². The zero-order valence-corrected chi connectivity index (χ0v) is 15.0. The van der Waals surface area contributed by atoms with Crippen molar-refractivity contribution in [3.8, 4) is 11.4 Å². The summed E-state index contributed by atoms with van der Waals surface area (Å²) in [7, 11) is 0. The number of hydrogen-bond donors (Lipinski definition) is 2.